The number of carbonyl (C=O) groups is 1. The van der Waals surface area contributed by atoms with E-state index in [1.54, 1.807) is 0 Å². The highest BCUT2D eigenvalue weighted by molar-refractivity contribution is 5.77. The lowest BCUT2D eigenvalue weighted by molar-refractivity contribution is -0.400. The zero-order valence-electron chi connectivity index (χ0n) is 43.1. The van der Waals surface area contributed by atoms with Gasteiger partial charge in [-0.2, -0.15) is 0 Å². The molecule has 4 saturated carbocycles. The smallest absolute Gasteiger partial charge is 0.314 e. The lowest BCUT2D eigenvalue weighted by atomic mass is 9.41. The summed E-state index contributed by atoms with van der Waals surface area (Å²) in [6, 6.07) is 0. The molecule has 0 amide bonds. The summed E-state index contributed by atoms with van der Waals surface area (Å²) in [6.45, 7) is 6.64. The molecular weight excluding hydrogens is 1030 g/mol. The number of aliphatic hydroxyl groups excluding tert-OH is 16. The monoisotopic (exact) mass is 1110 g/mol. The molecule has 1 spiro atoms. The van der Waals surface area contributed by atoms with Crippen LogP contribution in [-0.2, 0) is 52.2 Å². The van der Waals surface area contributed by atoms with Crippen LogP contribution in [0.1, 0.15) is 78.6 Å². The molecule has 5 saturated heterocycles. The predicted molar refractivity (Wildman–Crippen MR) is 250 cm³/mol. The second-order valence-electron chi connectivity index (χ2n) is 23.6. The molecule has 0 aromatic rings. The number of aliphatic hydroxyl groups is 16. The van der Waals surface area contributed by atoms with E-state index in [1.807, 2.05) is 6.92 Å². The van der Waals surface area contributed by atoms with Crippen LogP contribution in [0.5, 0.6) is 0 Å². The maximum Gasteiger partial charge on any atom is 0.314 e. The van der Waals surface area contributed by atoms with Crippen LogP contribution in [0.2, 0.25) is 0 Å². The molecule has 0 aromatic carbocycles. The van der Waals surface area contributed by atoms with Gasteiger partial charge in [0.05, 0.1) is 43.5 Å². The third kappa shape index (κ3) is 10.3. The van der Waals surface area contributed by atoms with Crippen molar-refractivity contribution < 1.29 is 134 Å². The average Bonchev–Trinajstić information content (AvgIpc) is 3.93. The Kier molecular flexibility index (Phi) is 17.7. The molecule has 0 aromatic heterocycles. The molecule has 9 fully saturated rings. The van der Waals surface area contributed by atoms with Crippen molar-refractivity contribution in [2.45, 2.75) is 238 Å². The SMILES string of the molecule is C=C1C[C@]23CC[C@H]4C(C)(C(=O)O[C@@H]5O[C@H](CO)[C@@H](O)[C@H](O)[C@H]5O[C@@H]5O[C@@H](C)[C@H](O)[C@@H](O)[C@H]5O)CCC[C@]4(C)[C@H]2CC[C@]1(O[C@@H]1O[C@H](CO)[C@@H](O)[C@H](O[C@@H]2O[C@H](CO)[C@@H](O)[C@H](O)[C@H]2O)[C@H]1O[C@@H]1O[C@H](CO)[C@@H](O)[C@H](O)[C@H]1O)C3. The second kappa shape index (κ2) is 22.8. The van der Waals surface area contributed by atoms with Crippen molar-refractivity contribution in [2.24, 2.45) is 28.1 Å². The molecule has 27 heteroatoms. The summed E-state index contributed by atoms with van der Waals surface area (Å²) in [6.07, 6.45) is -38.3. The molecule has 2 bridgehead atoms. The summed E-state index contributed by atoms with van der Waals surface area (Å²) < 4.78 is 60.5. The maximum absolute atomic E-state index is 14.9. The minimum Gasteiger partial charge on any atom is -0.432 e. The molecule has 5 aliphatic heterocycles. The highest BCUT2D eigenvalue weighted by Crippen LogP contribution is 2.74. The standard InChI is InChI=1S/C50H80O27/c1-18-12-49-10-6-24-47(3,8-5-9-48(24,4)46(67)76-44-39(34(63)29(58)22(15-53)71-44)74-41-35(64)31(60)26(55)19(2)68-41)25(49)7-11-50(18,17-49)77-45-40(75-43-37(66)33(62)28(57)21(14-52)70-43)38(30(59)23(16-54)72-45)73-42-36(65)32(61)27(56)20(13-51)69-42/h19-45,51-66H,1,5-17H2,2-4H3/t19-,20+,21+,22+,23+,24+,25+,26-,27+,28+,29+,30+,31+,32-,33-,34-,35+,36+,37+,38-,39+,40+,41-,42-,43-,44-,45-,47-,48?,49-,50-/m0/s1. The van der Waals surface area contributed by atoms with E-state index in [0.717, 1.165) is 0 Å². The summed E-state index contributed by atoms with van der Waals surface area (Å²) >= 11 is 0. The van der Waals surface area contributed by atoms with Crippen LogP contribution < -0.4 is 0 Å². The van der Waals surface area contributed by atoms with Gasteiger partial charge < -0.3 is 129 Å². The molecule has 31 atom stereocenters. The molecule has 9 aliphatic rings. The molecule has 27 nitrogen and oxygen atoms in total. The summed E-state index contributed by atoms with van der Waals surface area (Å²) in [5.41, 5.74) is -2.71. The van der Waals surface area contributed by atoms with Crippen LogP contribution in [0.15, 0.2) is 12.2 Å². The van der Waals surface area contributed by atoms with E-state index < -0.39 is 208 Å². The van der Waals surface area contributed by atoms with E-state index in [1.165, 1.54) is 6.92 Å². The molecular formula is C50H80O27. The van der Waals surface area contributed by atoms with Crippen LogP contribution in [0, 0.1) is 28.1 Å². The first kappa shape index (κ1) is 59.8. The van der Waals surface area contributed by atoms with Crippen molar-refractivity contribution in [2.75, 3.05) is 26.4 Å². The molecule has 5 heterocycles. The van der Waals surface area contributed by atoms with E-state index in [9.17, 15) is 86.5 Å². The summed E-state index contributed by atoms with van der Waals surface area (Å²) in [5.74, 6) is -1.05. The quantitative estimate of drug-likeness (QED) is 0.0437. The number of ether oxygens (including phenoxy) is 10. The molecule has 442 valence electrons. The number of hydrogen-bond donors (Lipinski definition) is 16. The van der Waals surface area contributed by atoms with Crippen LogP contribution in [-0.4, -0.2) is 273 Å². The highest BCUT2D eigenvalue weighted by atomic mass is 16.8. The lowest BCUT2D eigenvalue weighted by Crippen LogP contribution is -2.68. The highest BCUT2D eigenvalue weighted by Gasteiger charge is 2.70. The fourth-order valence-corrected chi connectivity index (χ4v) is 14.9. The first-order valence-corrected chi connectivity index (χ1v) is 26.7. The van der Waals surface area contributed by atoms with E-state index in [2.05, 4.69) is 13.5 Å². The molecule has 77 heavy (non-hydrogen) atoms. The van der Waals surface area contributed by atoms with Gasteiger partial charge in [-0.15, -0.1) is 0 Å². The molecule has 9 rings (SSSR count). The Morgan fingerprint density at radius 1 is 0.519 bits per heavy atom. The van der Waals surface area contributed by atoms with Gasteiger partial charge in [0.1, 0.15) is 110 Å². The fraction of sp³-hybridized carbons (Fsp3) is 0.940. The van der Waals surface area contributed by atoms with Crippen molar-refractivity contribution in [3.8, 4) is 0 Å². The zero-order valence-corrected chi connectivity index (χ0v) is 43.1. The summed E-state index contributed by atoms with van der Waals surface area (Å²) in [4.78, 5) is 14.9. The van der Waals surface area contributed by atoms with Gasteiger partial charge in [-0.05, 0) is 93.5 Å². The van der Waals surface area contributed by atoms with Crippen LogP contribution in [0.4, 0.5) is 0 Å². The second-order valence-corrected chi connectivity index (χ2v) is 23.6. The third-order valence-electron chi connectivity index (χ3n) is 19.2. The first-order valence-electron chi connectivity index (χ1n) is 26.7. The topological polar surface area (TPSA) is 433 Å². The van der Waals surface area contributed by atoms with Gasteiger partial charge in [0.2, 0.25) is 6.29 Å². The van der Waals surface area contributed by atoms with Crippen molar-refractivity contribution in [3.05, 3.63) is 12.2 Å². The number of fused-ring (bicyclic) bond motifs is 3. The van der Waals surface area contributed by atoms with E-state index in [0.29, 0.717) is 63.4 Å². The molecule has 1 unspecified atom stereocenters. The minimum absolute atomic E-state index is 0.0497. The normalized spacial score (nSPS) is 55.1. The van der Waals surface area contributed by atoms with Gasteiger partial charge >= 0.3 is 5.97 Å². The number of rotatable bonds is 14. The van der Waals surface area contributed by atoms with Gasteiger partial charge in [0, 0.05) is 0 Å². The zero-order chi connectivity index (χ0) is 56.0. The van der Waals surface area contributed by atoms with Crippen molar-refractivity contribution >= 4 is 5.97 Å². The molecule has 0 radical (unpaired) electrons. The van der Waals surface area contributed by atoms with Crippen LogP contribution in [0.25, 0.3) is 0 Å². The van der Waals surface area contributed by atoms with Crippen molar-refractivity contribution in [3.63, 3.8) is 0 Å². The van der Waals surface area contributed by atoms with Crippen molar-refractivity contribution in [1.29, 1.82) is 0 Å². The first-order chi connectivity index (χ1) is 36.3. The van der Waals surface area contributed by atoms with E-state index >= 15 is 0 Å². The van der Waals surface area contributed by atoms with Gasteiger partial charge in [0.15, 0.2) is 31.3 Å². The van der Waals surface area contributed by atoms with E-state index in [-0.39, 0.29) is 11.8 Å². The Hall–Kier alpha value is -1.79. The van der Waals surface area contributed by atoms with Gasteiger partial charge in [-0.3, -0.25) is 4.79 Å². The fourth-order valence-electron chi connectivity index (χ4n) is 14.9. The summed E-state index contributed by atoms with van der Waals surface area (Å²) in [5, 5.41) is 171. The summed E-state index contributed by atoms with van der Waals surface area (Å²) in [7, 11) is 0. The Balaban J connectivity index is 0.969. The molecule has 16 N–H and O–H groups in total. The number of carbonyl (C=O) groups excluding carboxylic acids is 1. The van der Waals surface area contributed by atoms with Crippen LogP contribution >= 0.6 is 0 Å². The average molecular weight is 1110 g/mol. The Labute approximate surface area is 443 Å². The van der Waals surface area contributed by atoms with Crippen LogP contribution in [0.3, 0.4) is 0 Å². The Bertz CT molecular complexity index is 2060. The van der Waals surface area contributed by atoms with Gasteiger partial charge in [0.25, 0.3) is 0 Å². The van der Waals surface area contributed by atoms with Gasteiger partial charge in [-0.25, -0.2) is 0 Å². The van der Waals surface area contributed by atoms with Gasteiger partial charge in [-0.1, -0.05) is 19.9 Å². The maximum atomic E-state index is 14.9. The minimum atomic E-state index is -1.98. The number of esters is 1. The number of hydrogen-bond acceptors (Lipinski definition) is 27. The van der Waals surface area contributed by atoms with Crippen molar-refractivity contribution in [1.82, 2.24) is 0 Å². The Morgan fingerprint density at radius 2 is 0.987 bits per heavy atom. The van der Waals surface area contributed by atoms with E-state index in [4.69, 9.17) is 47.4 Å². The third-order valence-corrected chi connectivity index (χ3v) is 19.2. The lowest BCUT2D eigenvalue weighted by Gasteiger charge is -2.64. The predicted octanol–water partition coefficient (Wildman–Crippen LogP) is -6.26. The molecule has 4 aliphatic carbocycles. The Morgan fingerprint density at radius 3 is 1.56 bits per heavy atom. The largest absolute Gasteiger partial charge is 0.432 e.